The number of carbonyl (C=O) groups is 1. The van der Waals surface area contributed by atoms with E-state index >= 15 is 0 Å². The Morgan fingerprint density at radius 3 is 2.55 bits per heavy atom. The van der Waals surface area contributed by atoms with Crippen molar-refractivity contribution in [3.63, 3.8) is 0 Å². The minimum Gasteiger partial charge on any atom is -0.387 e. The lowest BCUT2D eigenvalue weighted by molar-refractivity contribution is -0.117. The van der Waals surface area contributed by atoms with E-state index in [2.05, 4.69) is 15.3 Å². The average Bonchev–Trinajstić information content (AvgIpc) is 3.18. The molecule has 1 aromatic carbocycles. The van der Waals surface area contributed by atoms with Gasteiger partial charge in [0.1, 0.15) is 0 Å². The Morgan fingerprint density at radius 2 is 1.79 bits per heavy atom. The monoisotopic (exact) mass is 409 g/mol. The van der Waals surface area contributed by atoms with Crippen molar-refractivity contribution in [3.05, 3.63) is 28.7 Å². The first-order valence-corrected chi connectivity index (χ1v) is 9.77. The number of fused-ring (bicyclic) bond motifs is 1. The number of likely N-dealkylation sites (tertiary alicyclic amines) is 2. The maximum Gasteiger partial charge on any atom is 0.323 e. The molecule has 29 heavy (non-hydrogen) atoms. The number of nitrogens with zero attached hydrogens (tertiary/aromatic N) is 2. The first-order valence-electron chi connectivity index (χ1n) is 9.77. The summed E-state index contributed by atoms with van der Waals surface area (Å²) >= 11 is 0. The molecule has 1 amide bonds. The molecule has 3 heterocycles. The van der Waals surface area contributed by atoms with E-state index in [-0.39, 0.29) is 44.1 Å². The summed E-state index contributed by atoms with van der Waals surface area (Å²) in [5, 5.41) is 13.6. The van der Waals surface area contributed by atoms with Crippen molar-refractivity contribution in [2.75, 3.05) is 44.6 Å². The van der Waals surface area contributed by atoms with Crippen molar-refractivity contribution in [2.45, 2.75) is 30.8 Å². The molecule has 4 rings (SSSR count). The largest absolute Gasteiger partial charge is 0.387 e. The number of β-amino-alcohol motifs (C(OH)–C–C–N with tert-alkyl or cyclic N) is 1. The standard InChI is InChI=1S/C19H25F2N5O3/c20-19(21)4-7-25(8-5-19)11-18(29)3-6-26(12-18)10-16(27)22-13-1-2-14-15(9-13)24-17(28)23-14/h1-2,9,29H,3-8,10-12H2,(H,22,27)(H2,23,24,28). The number of benzene rings is 1. The maximum atomic E-state index is 13.3. The van der Waals surface area contributed by atoms with Gasteiger partial charge in [-0.15, -0.1) is 0 Å². The molecule has 0 saturated carbocycles. The number of H-pyrrole nitrogens is 2. The summed E-state index contributed by atoms with van der Waals surface area (Å²) in [6, 6.07) is 5.09. The van der Waals surface area contributed by atoms with E-state index in [4.69, 9.17) is 0 Å². The summed E-state index contributed by atoms with van der Waals surface area (Å²) in [4.78, 5) is 32.7. The molecule has 1 aromatic heterocycles. The molecular formula is C19H25F2N5O3. The topological polar surface area (TPSA) is 104 Å². The number of alkyl halides is 2. The second kappa shape index (κ2) is 7.51. The number of amides is 1. The number of halogens is 2. The van der Waals surface area contributed by atoms with E-state index in [0.29, 0.717) is 42.8 Å². The van der Waals surface area contributed by atoms with Gasteiger partial charge in [-0.3, -0.25) is 14.6 Å². The Hall–Kier alpha value is -2.30. The molecule has 0 spiro atoms. The van der Waals surface area contributed by atoms with Gasteiger partial charge >= 0.3 is 5.69 Å². The van der Waals surface area contributed by atoms with E-state index in [1.165, 1.54) is 0 Å². The van der Waals surface area contributed by atoms with Gasteiger partial charge in [0.15, 0.2) is 0 Å². The van der Waals surface area contributed by atoms with Crippen LogP contribution in [-0.4, -0.2) is 81.6 Å². The zero-order chi connectivity index (χ0) is 20.6. The number of piperidine rings is 1. The zero-order valence-corrected chi connectivity index (χ0v) is 16.0. The van der Waals surface area contributed by atoms with Crippen LogP contribution >= 0.6 is 0 Å². The van der Waals surface area contributed by atoms with Gasteiger partial charge in [-0.05, 0) is 24.6 Å². The summed E-state index contributed by atoms with van der Waals surface area (Å²) in [6.45, 7) is 1.93. The highest BCUT2D eigenvalue weighted by atomic mass is 19.3. The van der Waals surface area contributed by atoms with Crippen LogP contribution in [0.5, 0.6) is 0 Å². The molecule has 2 aliphatic rings. The lowest BCUT2D eigenvalue weighted by Gasteiger charge is -2.36. The smallest absolute Gasteiger partial charge is 0.323 e. The van der Waals surface area contributed by atoms with Gasteiger partial charge < -0.3 is 20.4 Å². The molecule has 0 aliphatic carbocycles. The van der Waals surface area contributed by atoms with Crippen LogP contribution in [0.3, 0.4) is 0 Å². The minimum absolute atomic E-state index is 0.127. The summed E-state index contributed by atoms with van der Waals surface area (Å²) in [5.74, 6) is -2.82. The van der Waals surface area contributed by atoms with Crippen molar-refractivity contribution in [1.82, 2.24) is 19.8 Å². The number of imidazole rings is 1. The third-order valence-corrected chi connectivity index (χ3v) is 5.68. The molecule has 2 saturated heterocycles. The predicted molar refractivity (Wildman–Crippen MR) is 104 cm³/mol. The third kappa shape index (κ3) is 4.82. The Balaban J connectivity index is 1.28. The highest BCUT2D eigenvalue weighted by Crippen LogP contribution is 2.30. The van der Waals surface area contributed by atoms with Crippen LogP contribution in [0.15, 0.2) is 23.0 Å². The molecule has 2 fully saturated rings. The molecule has 4 N–H and O–H groups in total. The van der Waals surface area contributed by atoms with Crippen molar-refractivity contribution < 1.29 is 18.7 Å². The van der Waals surface area contributed by atoms with Crippen molar-refractivity contribution in [1.29, 1.82) is 0 Å². The summed E-state index contributed by atoms with van der Waals surface area (Å²) in [7, 11) is 0. The molecule has 8 nitrogen and oxygen atoms in total. The van der Waals surface area contributed by atoms with E-state index in [9.17, 15) is 23.5 Å². The lowest BCUT2D eigenvalue weighted by atomic mass is 10.00. The number of aliphatic hydroxyl groups is 1. The van der Waals surface area contributed by atoms with E-state index < -0.39 is 11.5 Å². The van der Waals surface area contributed by atoms with Crippen LogP contribution < -0.4 is 11.0 Å². The van der Waals surface area contributed by atoms with Gasteiger partial charge in [0, 0.05) is 51.3 Å². The number of hydrogen-bond donors (Lipinski definition) is 4. The second-order valence-electron chi connectivity index (χ2n) is 8.20. The number of carbonyl (C=O) groups excluding carboxylic acids is 1. The van der Waals surface area contributed by atoms with E-state index in [1.807, 2.05) is 9.80 Å². The fourth-order valence-electron chi connectivity index (χ4n) is 4.17. The molecule has 10 heteroatoms. The van der Waals surface area contributed by atoms with Gasteiger partial charge in [0.2, 0.25) is 5.91 Å². The average molecular weight is 409 g/mol. The number of hydrogen-bond acceptors (Lipinski definition) is 5. The lowest BCUT2D eigenvalue weighted by Crippen LogP contribution is -2.49. The Kier molecular flexibility index (Phi) is 5.18. The number of rotatable bonds is 5. The van der Waals surface area contributed by atoms with Gasteiger partial charge in [0.25, 0.3) is 5.92 Å². The van der Waals surface area contributed by atoms with Gasteiger partial charge in [0.05, 0.1) is 23.2 Å². The molecule has 1 atom stereocenters. The SMILES string of the molecule is O=C(CN1CCC(O)(CN2CCC(F)(F)CC2)C1)Nc1ccc2[nH]c(=O)[nH]c2c1. The Morgan fingerprint density at radius 1 is 1.10 bits per heavy atom. The summed E-state index contributed by atoms with van der Waals surface area (Å²) in [6.07, 6.45) is 0.154. The number of aromatic amines is 2. The van der Waals surface area contributed by atoms with Crippen LogP contribution in [0, 0.1) is 0 Å². The second-order valence-corrected chi connectivity index (χ2v) is 8.20. The van der Waals surface area contributed by atoms with Crippen molar-refractivity contribution in [3.8, 4) is 0 Å². The van der Waals surface area contributed by atoms with E-state index in [0.717, 1.165) is 0 Å². The molecule has 0 bridgehead atoms. The first-order chi connectivity index (χ1) is 13.7. The molecule has 0 radical (unpaired) electrons. The van der Waals surface area contributed by atoms with Gasteiger partial charge in [-0.25, -0.2) is 13.6 Å². The molecule has 2 aromatic rings. The fraction of sp³-hybridized carbons (Fsp3) is 0.579. The van der Waals surface area contributed by atoms with E-state index in [1.54, 1.807) is 18.2 Å². The Bertz CT molecular complexity index is 949. The highest BCUT2D eigenvalue weighted by molar-refractivity contribution is 5.94. The van der Waals surface area contributed by atoms with Crippen LogP contribution in [0.25, 0.3) is 11.0 Å². The first kappa shape index (κ1) is 20.0. The summed E-state index contributed by atoms with van der Waals surface area (Å²) < 4.78 is 26.6. The summed E-state index contributed by atoms with van der Waals surface area (Å²) in [5.41, 5.74) is 0.540. The molecule has 158 valence electrons. The minimum atomic E-state index is -2.60. The van der Waals surface area contributed by atoms with Crippen LogP contribution in [0.4, 0.5) is 14.5 Å². The highest BCUT2D eigenvalue weighted by Gasteiger charge is 2.41. The molecule has 1 unspecified atom stereocenters. The Labute approximate surface area is 165 Å². The predicted octanol–water partition coefficient (Wildman–Crippen LogP) is 0.963. The quantitative estimate of drug-likeness (QED) is 0.589. The van der Waals surface area contributed by atoms with Crippen molar-refractivity contribution >= 4 is 22.6 Å². The van der Waals surface area contributed by atoms with Gasteiger partial charge in [-0.2, -0.15) is 0 Å². The number of aromatic nitrogens is 2. The van der Waals surface area contributed by atoms with Gasteiger partial charge in [-0.1, -0.05) is 0 Å². The normalized spacial score (nSPS) is 25.5. The van der Waals surface area contributed by atoms with Crippen LogP contribution in [-0.2, 0) is 4.79 Å². The molecular weight excluding hydrogens is 384 g/mol. The van der Waals surface area contributed by atoms with Crippen LogP contribution in [0.1, 0.15) is 19.3 Å². The third-order valence-electron chi connectivity index (χ3n) is 5.68. The number of nitrogens with one attached hydrogen (secondary N) is 3. The fourth-order valence-corrected chi connectivity index (χ4v) is 4.17. The zero-order valence-electron chi connectivity index (χ0n) is 16.0. The maximum absolute atomic E-state index is 13.3. The van der Waals surface area contributed by atoms with Crippen LogP contribution in [0.2, 0.25) is 0 Å². The van der Waals surface area contributed by atoms with Crippen molar-refractivity contribution in [2.24, 2.45) is 0 Å². The number of anilines is 1. The molecule has 2 aliphatic heterocycles.